The van der Waals surface area contributed by atoms with Gasteiger partial charge in [0, 0.05) is 0 Å². The molecule has 1 aliphatic rings. The van der Waals surface area contributed by atoms with Crippen LogP contribution in [0.25, 0.3) is 0 Å². The molecule has 0 amide bonds. The molecule has 1 atom stereocenters. The normalized spacial score (nSPS) is 23.0. The molecule has 4 heteroatoms. The lowest BCUT2D eigenvalue weighted by molar-refractivity contribution is 0.586. The highest BCUT2D eigenvalue weighted by atomic mass is 35.5. The first-order chi connectivity index (χ1) is 7.42. The van der Waals surface area contributed by atoms with Crippen molar-refractivity contribution in [1.29, 1.82) is 0 Å². The lowest BCUT2D eigenvalue weighted by atomic mass is 10.1. The van der Waals surface area contributed by atoms with Crippen LogP contribution in [0.4, 0.5) is 0 Å². The van der Waals surface area contributed by atoms with Gasteiger partial charge in [-0.2, -0.15) is 0 Å². The zero-order chi connectivity index (χ0) is 12.2. The summed E-state index contributed by atoms with van der Waals surface area (Å²) in [5.41, 5.74) is 1.22. The molecule has 1 rings (SSSR count). The minimum Gasteiger partial charge on any atom is -0.229 e. The van der Waals surface area contributed by atoms with Gasteiger partial charge in [0.05, 0.1) is 16.4 Å². The summed E-state index contributed by atoms with van der Waals surface area (Å²) in [6, 6.07) is 0. The molecule has 16 heavy (non-hydrogen) atoms. The SMILES string of the molecule is CC(C)S(=O)(=O)CCC1=CC(Cl)CCCC1. The Balaban J connectivity index is 2.54. The number of halogens is 1. The molecule has 2 nitrogen and oxygen atoms in total. The van der Waals surface area contributed by atoms with Crippen LogP contribution >= 0.6 is 11.6 Å². The molecule has 94 valence electrons. The van der Waals surface area contributed by atoms with Crippen molar-refractivity contribution >= 4 is 21.4 Å². The van der Waals surface area contributed by atoms with Crippen LogP contribution in [-0.4, -0.2) is 24.8 Å². The first-order valence-corrected chi connectivity index (χ1v) is 8.12. The highest BCUT2D eigenvalue weighted by Gasteiger charge is 2.17. The largest absolute Gasteiger partial charge is 0.229 e. The fourth-order valence-electron chi connectivity index (χ4n) is 1.83. The molecule has 0 bridgehead atoms. The second-order valence-corrected chi connectivity index (χ2v) is 7.99. The van der Waals surface area contributed by atoms with Crippen molar-refractivity contribution in [2.24, 2.45) is 0 Å². The topological polar surface area (TPSA) is 34.1 Å². The van der Waals surface area contributed by atoms with Gasteiger partial charge < -0.3 is 0 Å². The zero-order valence-corrected chi connectivity index (χ0v) is 11.6. The highest BCUT2D eigenvalue weighted by Crippen LogP contribution is 2.23. The van der Waals surface area contributed by atoms with E-state index in [-0.39, 0.29) is 16.4 Å². The van der Waals surface area contributed by atoms with E-state index in [4.69, 9.17) is 11.6 Å². The molecule has 0 aromatic heterocycles. The quantitative estimate of drug-likeness (QED) is 0.577. The van der Waals surface area contributed by atoms with Crippen LogP contribution in [0.2, 0.25) is 0 Å². The van der Waals surface area contributed by atoms with Crippen LogP contribution in [0.15, 0.2) is 11.6 Å². The fraction of sp³-hybridized carbons (Fsp3) is 0.833. The molecule has 0 fully saturated rings. The maximum atomic E-state index is 11.7. The summed E-state index contributed by atoms with van der Waals surface area (Å²) in [5, 5.41) is -0.176. The van der Waals surface area contributed by atoms with E-state index >= 15 is 0 Å². The van der Waals surface area contributed by atoms with Crippen molar-refractivity contribution in [3.05, 3.63) is 11.6 Å². The molecule has 0 aliphatic heterocycles. The van der Waals surface area contributed by atoms with Crippen molar-refractivity contribution in [3.8, 4) is 0 Å². The molecule has 0 aromatic rings. The number of hydrogen-bond donors (Lipinski definition) is 0. The van der Waals surface area contributed by atoms with Gasteiger partial charge in [0.2, 0.25) is 0 Å². The summed E-state index contributed by atoms with van der Waals surface area (Å²) < 4.78 is 23.4. The van der Waals surface area contributed by atoms with Gasteiger partial charge in [-0.25, -0.2) is 8.42 Å². The Labute approximate surface area is 104 Å². The van der Waals surface area contributed by atoms with Gasteiger partial charge in [-0.05, 0) is 39.5 Å². The van der Waals surface area contributed by atoms with Crippen LogP contribution in [0, 0.1) is 0 Å². The summed E-state index contributed by atoms with van der Waals surface area (Å²) in [7, 11) is -2.91. The van der Waals surface area contributed by atoms with Crippen LogP contribution in [0.3, 0.4) is 0 Å². The molecule has 0 saturated carbocycles. The van der Waals surface area contributed by atoms with Crippen molar-refractivity contribution in [2.75, 3.05) is 5.75 Å². The Bertz CT molecular complexity index is 344. The van der Waals surface area contributed by atoms with Gasteiger partial charge in [-0.3, -0.25) is 0 Å². The van der Waals surface area contributed by atoms with Crippen molar-refractivity contribution in [3.63, 3.8) is 0 Å². The first-order valence-electron chi connectivity index (χ1n) is 5.97. The van der Waals surface area contributed by atoms with Gasteiger partial charge in [0.25, 0.3) is 0 Å². The van der Waals surface area contributed by atoms with Gasteiger partial charge in [0.15, 0.2) is 9.84 Å². The third-order valence-corrected chi connectivity index (χ3v) is 5.62. The van der Waals surface area contributed by atoms with E-state index < -0.39 is 9.84 Å². The monoisotopic (exact) mass is 264 g/mol. The molecule has 0 heterocycles. The zero-order valence-electron chi connectivity index (χ0n) is 10.1. The lowest BCUT2D eigenvalue weighted by Crippen LogP contribution is -2.18. The molecule has 0 N–H and O–H groups in total. The minimum atomic E-state index is -2.91. The lowest BCUT2D eigenvalue weighted by Gasteiger charge is -2.09. The fourth-order valence-corrected chi connectivity index (χ4v) is 3.18. The third-order valence-electron chi connectivity index (χ3n) is 3.07. The highest BCUT2D eigenvalue weighted by molar-refractivity contribution is 7.91. The van der Waals surface area contributed by atoms with E-state index in [0.29, 0.717) is 6.42 Å². The Morgan fingerprint density at radius 2 is 2.12 bits per heavy atom. The predicted molar refractivity (Wildman–Crippen MR) is 69.7 cm³/mol. The summed E-state index contributed by atoms with van der Waals surface area (Å²) in [4.78, 5) is 0. The Morgan fingerprint density at radius 3 is 2.75 bits per heavy atom. The average molecular weight is 265 g/mol. The third kappa shape index (κ3) is 4.46. The summed E-state index contributed by atoms with van der Waals surface area (Å²) in [6.07, 6.45) is 7.02. The van der Waals surface area contributed by atoms with E-state index in [1.54, 1.807) is 13.8 Å². The summed E-state index contributed by atoms with van der Waals surface area (Å²) in [6.45, 7) is 3.47. The van der Waals surface area contributed by atoms with Crippen LogP contribution in [-0.2, 0) is 9.84 Å². The van der Waals surface area contributed by atoms with E-state index in [9.17, 15) is 8.42 Å². The Morgan fingerprint density at radius 1 is 1.44 bits per heavy atom. The standard InChI is InChI=1S/C12H21ClO2S/c1-10(2)16(14,15)8-7-11-5-3-4-6-12(13)9-11/h9-10,12H,3-8H2,1-2H3. The van der Waals surface area contributed by atoms with Crippen LogP contribution < -0.4 is 0 Å². The van der Waals surface area contributed by atoms with Crippen molar-refractivity contribution in [2.45, 2.75) is 56.6 Å². The molecular weight excluding hydrogens is 244 g/mol. The number of hydrogen-bond acceptors (Lipinski definition) is 2. The molecule has 1 unspecified atom stereocenters. The Hall–Kier alpha value is -0.0200. The van der Waals surface area contributed by atoms with Gasteiger partial charge in [0.1, 0.15) is 0 Å². The molecule has 0 spiro atoms. The second-order valence-electron chi connectivity index (χ2n) is 4.75. The molecule has 1 aliphatic carbocycles. The van der Waals surface area contributed by atoms with E-state index in [1.807, 2.05) is 0 Å². The van der Waals surface area contributed by atoms with Gasteiger partial charge in [-0.1, -0.05) is 18.1 Å². The maximum Gasteiger partial charge on any atom is 0.152 e. The number of sulfone groups is 1. The van der Waals surface area contributed by atoms with Crippen LogP contribution in [0.1, 0.15) is 46.0 Å². The average Bonchev–Trinajstić information content (AvgIpc) is 2.39. The number of allylic oxidation sites excluding steroid dienone is 2. The summed E-state index contributed by atoms with van der Waals surface area (Å²) >= 11 is 6.10. The van der Waals surface area contributed by atoms with E-state index in [2.05, 4.69) is 6.08 Å². The maximum absolute atomic E-state index is 11.7. The van der Waals surface area contributed by atoms with E-state index in [1.165, 1.54) is 5.57 Å². The van der Waals surface area contributed by atoms with Crippen molar-refractivity contribution < 1.29 is 8.42 Å². The predicted octanol–water partition coefficient (Wildman–Crippen LogP) is 3.31. The smallest absolute Gasteiger partial charge is 0.152 e. The van der Waals surface area contributed by atoms with Gasteiger partial charge >= 0.3 is 0 Å². The Kier molecular flexibility index (Phi) is 5.32. The first kappa shape index (κ1) is 14.0. The van der Waals surface area contributed by atoms with Crippen LogP contribution in [0.5, 0.6) is 0 Å². The van der Waals surface area contributed by atoms with Gasteiger partial charge in [-0.15, -0.1) is 11.6 Å². The molecule has 0 aromatic carbocycles. The summed E-state index contributed by atoms with van der Waals surface area (Å²) in [5.74, 6) is 0.264. The minimum absolute atomic E-state index is 0.0965. The van der Waals surface area contributed by atoms with E-state index in [0.717, 1.165) is 25.7 Å². The number of alkyl halides is 1. The number of rotatable bonds is 4. The molecule has 0 radical (unpaired) electrons. The van der Waals surface area contributed by atoms with Crippen molar-refractivity contribution in [1.82, 2.24) is 0 Å². The molecule has 0 saturated heterocycles. The second kappa shape index (κ2) is 6.06. The molecular formula is C12H21ClO2S.